The number of benzene rings is 2. The summed E-state index contributed by atoms with van der Waals surface area (Å²) in [5.74, 6) is -2.31. The van der Waals surface area contributed by atoms with Crippen molar-refractivity contribution in [1.82, 2.24) is 4.90 Å². The number of carbonyl (C=O) groups excluding carboxylic acids is 1. The van der Waals surface area contributed by atoms with Gasteiger partial charge in [-0.15, -0.1) is 0 Å². The molecule has 1 N–H and O–H groups in total. The molecule has 0 saturated carbocycles. The lowest BCUT2D eigenvalue weighted by Crippen LogP contribution is -2.53. The van der Waals surface area contributed by atoms with E-state index in [1.165, 1.54) is 29.2 Å². The second-order valence-electron chi connectivity index (χ2n) is 6.42. The number of nitrogens with zero attached hydrogens (tertiary/aromatic N) is 1. The number of ether oxygens (including phenoxy) is 1. The first-order chi connectivity index (χ1) is 12.4. The van der Waals surface area contributed by atoms with Crippen LogP contribution < -0.4 is 4.74 Å². The van der Waals surface area contributed by atoms with Crippen molar-refractivity contribution >= 4 is 5.91 Å². The van der Waals surface area contributed by atoms with Gasteiger partial charge in [-0.25, -0.2) is 13.2 Å². The molecular weight excluding hydrogens is 347 g/mol. The van der Waals surface area contributed by atoms with Gasteiger partial charge in [0.15, 0.2) is 0 Å². The fourth-order valence-corrected chi connectivity index (χ4v) is 2.99. The maximum atomic E-state index is 13.8. The molecule has 138 valence electrons. The molecule has 26 heavy (non-hydrogen) atoms. The normalized spacial score (nSPS) is 20.1. The zero-order valence-corrected chi connectivity index (χ0v) is 13.9. The summed E-state index contributed by atoms with van der Waals surface area (Å²) in [6, 6.07) is 8.14. The Hall–Kier alpha value is -2.54. The zero-order valence-electron chi connectivity index (χ0n) is 13.9. The van der Waals surface area contributed by atoms with Crippen molar-refractivity contribution < 1.29 is 27.8 Å². The number of halogens is 3. The molecule has 0 aliphatic carbocycles. The Morgan fingerprint density at radius 3 is 2.50 bits per heavy atom. The second-order valence-corrected chi connectivity index (χ2v) is 6.42. The summed E-state index contributed by atoms with van der Waals surface area (Å²) >= 11 is 0. The lowest BCUT2D eigenvalue weighted by Gasteiger charge is -2.39. The molecule has 1 aliphatic heterocycles. The van der Waals surface area contributed by atoms with E-state index in [9.17, 15) is 23.1 Å². The van der Waals surface area contributed by atoms with Crippen molar-refractivity contribution in [3.8, 4) is 5.75 Å². The van der Waals surface area contributed by atoms with Crippen LogP contribution >= 0.6 is 0 Å². The average Bonchev–Trinajstić information content (AvgIpc) is 2.61. The lowest BCUT2D eigenvalue weighted by atomic mass is 9.93. The van der Waals surface area contributed by atoms with Crippen molar-refractivity contribution in [2.24, 2.45) is 0 Å². The number of piperidine rings is 1. The highest BCUT2D eigenvalue weighted by atomic mass is 19.1. The zero-order chi connectivity index (χ0) is 18.7. The Morgan fingerprint density at radius 2 is 1.81 bits per heavy atom. The predicted molar refractivity (Wildman–Crippen MR) is 88.3 cm³/mol. The molecule has 1 saturated heterocycles. The lowest BCUT2D eigenvalue weighted by molar-refractivity contribution is -0.0532. The third-order valence-corrected chi connectivity index (χ3v) is 4.33. The maximum Gasteiger partial charge on any atom is 0.256 e. The number of aliphatic hydroxyl groups is 1. The third-order valence-electron chi connectivity index (χ3n) is 4.33. The standard InChI is InChI=1S/C19H18F3NO3/c20-13-2-5-15(6-3-13)26-12-19(25)8-1-9-23(11-19)18(24)16-7-4-14(21)10-17(16)22/h2-7,10,25H,1,8-9,11-12H2. The van der Waals surface area contributed by atoms with Crippen molar-refractivity contribution in [3.05, 3.63) is 65.5 Å². The number of β-amino-alcohol motifs (C(OH)–C–C–N with tert-alkyl or cyclic N) is 1. The molecule has 1 amide bonds. The minimum atomic E-state index is -1.31. The van der Waals surface area contributed by atoms with E-state index in [2.05, 4.69) is 0 Å². The highest BCUT2D eigenvalue weighted by Gasteiger charge is 2.37. The van der Waals surface area contributed by atoms with Gasteiger partial charge in [-0.3, -0.25) is 4.79 Å². The van der Waals surface area contributed by atoms with Gasteiger partial charge in [0.2, 0.25) is 0 Å². The minimum absolute atomic E-state index is 0.0379. The van der Waals surface area contributed by atoms with Crippen molar-refractivity contribution in [3.63, 3.8) is 0 Å². The van der Waals surface area contributed by atoms with Crippen LogP contribution in [-0.2, 0) is 0 Å². The topological polar surface area (TPSA) is 49.8 Å². The second kappa shape index (κ2) is 7.37. The van der Waals surface area contributed by atoms with E-state index in [1.54, 1.807) is 0 Å². The first-order valence-corrected chi connectivity index (χ1v) is 8.21. The van der Waals surface area contributed by atoms with Gasteiger partial charge in [0.05, 0.1) is 12.1 Å². The summed E-state index contributed by atoms with van der Waals surface area (Å²) in [5, 5.41) is 10.7. The van der Waals surface area contributed by atoms with Gasteiger partial charge in [0.25, 0.3) is 5.91 Å². The van der Waals surface area contributed by atoms with Gasteiger partial charge in [-0.2, -0.15) is 0 Å². The fraction of sp³-hybridized carbons (Fsp3) is 0.316. The average molecular weight is 365 g/mol. The van der Waals surface area contributed by atoms with Gasteiger partial charge in [-0.1, -0.05) is 0 Å². The molecule has 0 aromatic heterocycles. The van der Waals surface area contributed by atoms with Crippen molar-refractivity contribution in [1.29, 1.82) is 0 Å². The Labute approximate surface area is 148 Å². The van der Waals surface area contributed by atoms with Crippen LogP contribution in [0.5, 0.6) is 5.75 Å². The number of amides is 1. The van der Waals surface area contributed by atoms with E-state index in [4.69, 9.17) is 4.74 Å². The predicted octanol–water partition coefficient (Wildman–Crippen LogP) is 3.15. The maximum absolute atomic E-state index is 13.8. The Balaban J connectivity index is 1.67. The van der Waals surface area contributed by atoms with E-state index in [0.29, 0.717) is 31.2 Å². The van der Waals surface area contributed by atoms with Gasteiger partial charge < -0.3 is 14.7 Å². The molecule has 7 heteroatoms. The monoisotopic (exact) mass is 365 g/mol. The Bertz CT molecular complexity index is 797. The summed E-state index contributed by atoms with van der Waals surface area (Å²) in [5.41, 5.74) is -1.55. The minimum Gasteiger partial charge on any atom is -0.491 e. The molecule has 0 radical (unpaired) electrons. The van der Waals surface area contributed by atoms with E-state index in [1.807, 2.05) is 0 Å². The Morgan fingerprint density at radius 1 is 1.12 bits per heavy atom. The molecule has 4 nitrogen and oxygen atoms in total. The van der Waals surface area contributed by atoms with Crippen LogP contribution in [0.15, 0.2) is 42.5 Å². The number of likely N-dealkylation sites (tertiary alicyclic amines) is 1. The fourth-order valence-electron chi connectivity index (χ4n) is 2.99. The van der Waals surface area contributed by atoms with E-state index in [0.717, 1.165) is 12.1 Å². The van der Waals surface area contributed by atoms with E-state index < -0.39 is 29.0 Å². The molecule has 2 aromatic rings. The highest BCUT2D eigenvalue weighted by molar-refractivity contribution is 5.94. The molecule has 1 unspecified atom stereocenters. The number of carbonyl (C=O) groups is 1. The van der Waals surface area contributed by atoms with Crippen LogP contribution in [0.2, 0.25) is 0 Å². The number of hydrogen-bond donors (Lipinski definition) is 1. The Kier molecular flexibility index (Phi) is 5.18. The first-order valence-electron chi connectivity index (χ1n) is 8.21. The molecule has 0 bridgehead atoms. The largest absolute Gasteiger partial charge is 0.491 e. The van der Waals surface area contributed by atoms with Crippen molar-refractivity contribution in [2.75, 3.05) is 19.7 Å². The van der Waals surface area contributed by atoms with Crippen LogP contribution in [0.4, 0.5) is 13.2 Å². The highest BCUT2D eigenvalue weighted by Crippen LogP contribution is 2.25. The van der Waals surface area contributed by atoms with Crippen LogP contribution in [-0.4, -0.2) is 41.2 Å². The molecule has 3 rings (SSSR count). The molecule has 1 atom stereocenters. The van der Waals surface area contributed by atoms with Crippen LogP contribution in [0, 0.1) is 17.5 Å². The molecule has 1 aliphatic rings. The summed E-state index contributed by atoms with van der Waals surface area (Å²) in [7, 11) is 0. The molecule has 0 spiro atoms. The van der Waals surface area contributed by atoms with E-state index >= 15 is 0 Å². The van der Waals surface area contributed by atoms with Crippen LogP contribution in [0.25, 0.3) is 0 Å². The molecule has 1 heterocycles. The molecule has 2 aromatic carbocycles. The summed E-state index contributed by atoms with van der Waals surface area (Å²) in [4.78, 5) is 13.8. The number of rotatable bonds is 4. The van der Waals surface area contributed by atoms with Crippen molar-refractivity contribution in [2.45, 2.75) is 18.4 Å². The van der Waals surface area contributed by atoms with Crippen LogP contribution in [0.3, 0.4) is 0 Å². The van der Waals surface area contributed by atoms with E-state index in [-0.39, 0.29) is 18.7 Å². The van der Waals surface area contributed by atoms with Gasteiger partial charge in [0, 0.05) is 12.6 Å². The first kappa shape index (κ1) is 18.3. The summed E-state index contributed by atoms with van der Waals surface area (Å²) in [6.07, 6.45) is 0.918. The molecular formula is C19H18F3NO3. The SMILES string of the molecule is O=C(c1ccc(F)cc1F)N1CCCC(O)(COc2ccc(F)cc2)C1. The van der Waals surface area contributed by atoms with Gasteiger partial charge in [-0.05, 0) is 49.2 Å². The quantitative estimate of drug-likeness (QED) is 0.906. The van der Waals surface area contributed by atoms with Gasteiger partial charge in [0.1, 0.15) is 35.4 Å². The van der Waals surface area contributed by atoms with Crippen LogP contribution in [0.1, 0.15) is 23.2 Å². The third kappa shape index (κ3) is 4.16. The summed E-state index contributed by atoms with van der Waals surface area (Å²) < 4.78 is 45.3. The molecule has 1 fully saturated rings. The number of hydrogen-bond acceptors (Lipinski definition) is 3. The smallest absolute Gasteiger partial charge is 0.256 e. The van der Waals surface area contributed by atoms with Gasteiger partial charge >= 0.3 is 0 Å². The summed E-state index contributed by atoms with van der Waals surface area (Å²) in [6.45, 7) is 0.229.